The number of nitrogens with zero attached hydrogens (tertiary/aromatic N) is 1. The second-order valence-electron chi connectivity index (χ2n) is 6.38. The van der Waals surface area contributed by atoms with E-state index in [1.165, 1.54) is 6.42 Å². The molecule has 5 N–H and O–H groups in total. The number of anilines is 2. The van der Waals surface area contributed by atoms with Crippen LogP contribution in [0.25, 0.3) is 0 Å². The van der Waals surface area contributed by atoms with Gasteiger partial charge in [-0.05, 0) is 37.5 Å². The van der Waals surface area contributed by atoms with Gasteiger partial charge in [-0.15, -0.1) is 0 Å². The summed E-state index contributed by atoms with van der Waals surface area (Å²) in [5.74, 6) is -0.154. The number of hydrogen-bond acceptors (Lipinski definition) is 4. The number of hydrogen-bond donors (Lipinski definition) is 3. The molecule has 1 amide bonds. The van der Waals surface area contributed by atoms with Crippen molar-refractivity contribution in [3.8, 4) is 0 Å². The summed E-state index contributed by atoms with van der Waals surface area (Å²) in [6.07, 6.45) is 5.02. The molecule has 21 heavy (non-hydrogen) atoms. The van der Waals surface area contributed by atoms with Crippen LogP contribution >= 0.6 is 0 Å². The van der Waals surface area contributed by atoms with Crippen LogP contribution in [0.5, 0.6) is 0 Å². The number of piperidine rings is 1. The van der Waals surface area contributed by atoms with E-state index in [1.54, 1.807) is 18.2 Å². The molecule has 0 radical (unpaired) electrons. The van der Waals surface area contributed by atoms with Crippen LogP contribution in [-0.4, -0.2) is 29.7 Å². The highest BCUT2D eigenvalue weighted by Gasteiger charge is 2.43. The lowest BCUT2D eigenvalue weighted by atomic mass is 9.71. The predicted octanol–water partition coefficient (Wildman–Crippen LogP) is 1.50. The van der Waals surface area contributed by atoms with Crippen LogP contribution < -0.4 is 16.4 Å². The number of amides is 1. The molecule has 0 bridgehead atoms. The minimum absolute atomic E-state index is 0.289. The first-order chi connectivity index (χ1) is 9.99. The number of benzene rings is 1. The van der Waals surface area contributed by atoms with Crippen molar-refractivity contribution in [1.29, 1.82) is 0 Å². The topological polar surface area (TPSA) is 92.6 Å². The Kier molecular flexibility index (Phi) is 3.53. The van der Waals surface area contributed by atoms with E-state index in [0.717, 1.165) is 44.5 Å². The summed E-state index contributed by atoms with van der Waals surface area (Å²) in [7, 11) is 0. The van der Waals surface area contributed by atoms with E-state index in [0.29, 0.717) is 11.3 Å². The zero-order chi connectivity index (χ0) is 15.0. The number of aliphatic hydroxyl groups is 1. The largest absolute Gasteiger partial charge is 0.397 e. The lowest BCUT2D eigenvalue weighted by molar-refractivity contribution is -0.0612. The van der Waals surface area contributed by atoms with E-state index in [1.807, 2.05) is 0 Å². The maximum atomic E-state index is 11.3. The Morgan fingerprint density at radius 2 is 2.14 bits per heavy atom. The van der Waals surface area contributed by atoms with Crippen LogP contribution in [-0.2, 0) is 0 Å². The molecule has 1 heterocycles. The smallest absolute Gasteiger partial charge is 0.248 e. The van der Waals surface area contributed by atoms with Crippen molar-refractivity contribution in [3.63, 3.8) is 0 Å². The Morgan fingerprint density at radius 1 is 1.33 bits per heavy atom. The van der Waals surface area contributed by atoms with Crippen LogP contribution in [0.3, 0.4) is 0 Å². The minimum Gasteiger partial charge on any atom is -0.397 e. The Morgan fingerprint density at radius 3 is 2.90 bits per heavy atom. The van der Waals surface area contributed by atoms with E-state index in [-0.39, 0.29) is 5.92 Å². The van der Waals surface area contributed by atoms with Gasteiger partial charge < -0.3 is 21.5 Å². The van der Waals surface area contributed by atoms with Gasteiger partial charge in [0.1, 0.15) is 0 Å². The highest BCUT2D eigenvalue weighted by Crippen LogP contribution is 2.41. The van der Waals surface area contributed by atoms with E-state index in [9.17, 15) is 9.90 Å². The van der Waals surface area contributed by atoms with Crippen molar-refractivity contribution in [2.24, 2.45) is 11.7 Å². The van der Waals surface area contributed by atoms with E-state index in [2.05, 4.69) is 4.90 Å². The normalized spacial score (nSPS) is 29.0. The summed E-state index contributed by atoms with van der Waals surface area (Å²) in [4.78, 5) is 13.5. The minimum atomic E-state index is -0.509. The lowest BCUT2D eigenvalue weighted by Crippen LogP contribution is -2.53. The number of carbonyl (C=O) groups is 1. The Labute approximate surface area is 124 Å². The third-order valence-corrected chi connectivity index (χ3v) is 5.08. The number of carbonyl (C=O) groups excluding carboxylic acids is 1. The highest BCUT2D eigenvalue weighted by molar-refractivity contribution is 5.95. The summed E-state index contributed by atoms with van der Waals surface area (Å²) in [6, 6.07) is 5.16. The fourth-order valence-electron chi connectivity index (χ4n) is 3.76. The molecule has 2 atom stereocenters. The summed E-state index contributed by atoms with van der Waals surface area (Å²) < 4.78 is 0. The van der Waals surface area contributed by atoms with Gasteiger partial charge in [-0.2, -0.15) is 0 Å². The average molecular weight is 289 g/mol. The van der Waals surface area contributed by atoms with Crippen LogP contribution in [0.2, 0.25) is 0 Å². The molecule has 5 heteroatoms. The highest BCUT2D eigenvalue weighted by atomic mass is 16.3. The number of nitrogens with two attached hydrogens (primary N) is 2. The molecule has 114 valence electrons. The molecule has 5 nitrogen and oxygen atoms in total. The lowest BCUT2D eigenvalue weighted by Gasteiger charge is -2.48. The van der Waals surface area contributed by atoms with Gasteiger partial charge in [0, 0.05) is 24.6 Å². The Balaban J connectivity index is 1.85. The average Bonchev–Trinajstić information content (AvgIpc) is 2.46. The van der Waals surface area contributed by atoms with E-state index < -0.39 is 11.5 Å². The fourth-order valence-corrected chi connectivity index (χ4v) is 3.76. The van der Waals surface area contributed by atoms with Gasteiger partial charge in [0.25, 0.3) is 0 Å². The summed E-state index contributed by atoms with van der Waals surface area (Å²) in [5, 5.41) is 10.7. The standard InChI is InChI=1S/C16H23N3O2/c17-13-5-4-11(15(18)20)9-14(13)19-8-7-16(21)6-2-1-3-12(16)10-19/h4-5,9,12,21H,1-3,6-8,10,17H2,(H2,18,20). The monoisotopic (exact) mass is 289 g/mol. The van der Waals surface area contributed by atoms with Gasteiger partial charge in [0.2, 0.25) is 5.91 Å². The predicted molar refractivity (Wildman–Crippen MR) is 83.1 cm³/mol. The third-order valence-electron chi connectivity index (χ3n) is 5.08. The SMILES string of the molecule is NC(=O)c1ccc(N)c(N2CCC3(O)CCCCC3C2)c1. The molecule has 1 aromatic carbocycles. The van der Waals surface area contributed by atoms with Crippen molar-refractivity contribution in [3.05, 3.63) is 23.8 Å². The van der Waals surface area contributed by atoms with Crippen molar-refractivity contribution in [2.45, 2.75) is 37.7 Å². The van der Waals surface area contributed by atoms with Gasteiger partial charge in [-0.25, -0.2) is 0 Å². The van der Waals surface area contributed by atoms with Crippen LogP contribution in [0, 0.1) is 5.92 Å². The molecular weight excluding hydrogens is 266 g/mol. The van der Waals surface area contributed by atoms with Gasteiger partial charge >= 0.3 is 0 Å². The molecule has 2 aliphatic rings. The van der Waals surface area contributed by atoms with Crippen molar-refractivity contribution in [1.82, 2.24) is 0 Å². The van der Waals surface area contributed by atoms with Gasteiger partial charge in [0.05, 0.1) is 17.0 Å². The molecule has 0 aromatic heterocycles. The van der Waals surface area contributed by atoms with Gasteiger partial charge in [-0.1, -0.05) is 12.8 Å². The second-order valence-corrected chi connectivity index (χ2v) is 6.38. The van der Waals surface area contributed by atoms with Crippen LogP contribution in [0.4, 0.5) is 11.4 Å². The molecule has 0 spiro atoms. The zero-order valence-corrected chi connectivity index (χ0v) is 12.2. The number of primary amides is 1. The molecule has 2 fully saturated rings. The van der Waals surface area contributed by atoms with Crippen molar-refractivity contribution < 1.29 is 9.90 Å². The van der Waals surface area contributed by atoms with Crippen LogP contribution in [0.15, 0.2) is 18.2 Å². The fraction of sp³-hybridized carbons (Fsp3) is 0.562. The molecule has 3 rings (SSSR count). The van der Waals surface area contributed by atoms with Crippen molar-refractivity contribution >= 4 is 17.3 Å². The number of rotatable bonds is 2. The van der Waals surface area contributed by atoms with Crippen LogP contribution in [0.1, 0.15) is 42.5 Å². The molecular formula is C16H23N3O2. The van der Waals surface area contributed by atoms with Crippen molar-refractivity contribution in [2.75, 3.05) is 23.7 Å². The Hall–Kier alpha value is -1.75. The molecule has 1 saturated heterocycles. The molecule has 1 saturated carbocycles. The number of fused-ring (bicyclic) bond motifs is 1. The van der Waals surface area contributed by atoms with E-state index in [4.69, 9.17) is 11.5 Å². The Bertz CT molecular complexity index is 560. The third kappa shape index (κ3) is 2.58. The summed E-state index contributed by atoms with van der Waals surface area (Å²) >= 11 is 0. The first-order valence-corrected chi connectivity index (χ1v) is 7.66. The summed E-state index contributed by atoms with van der Waals surface area (Å²) in [5.41, 5.74) is 12.9. The van der Waals surface area contributed by atoms with E-state index >= 15 is 0 Å². The first kappa shape index (κ1) is 14.2. The zero-order valence-electron chi connectivity index (χ0n) is 12.2. The molecule has 1 aliphatic carbocycles. The molecule has 1 aliphatic heterocycles. The van der Waals surface area contributed by atoms with Gasteiger partial charge in [0.15, 0.2) is 0 Å². The van der Waals surface area contributed by atoms with Gasteiger partial charge in [-0.3, -0.25) is 4.79 Å². The summed E-state index contributed by atoms with van der Waals surface area (Å²) in [6.45, 7) is 1.56. The molecule has 2 unspecified atom stereocenters. The first-order valence-electron chi connectivity index (χ1n) is 7.66. The second kappa shape index (κ2) is 5.22. The molecule has 1 aromatic rings. The maximum Gasteiger partial charge on any atom is 0.248 e. The maximum absolute atomic E-state index is 11.3. The number of nitrogen functional groups attached to an aromatic ring is 1. The quantitative estimate of drug-likeness (QED) is 0.719.